The van der Waals surface area contributed by atoms with Crippen LogP contribution < -0.4 is 16.0 Å². The van der Waals surface area contributed by atoms with Crippen molar-refractivity contribution in [2.45, 2.75) is 25.9 Å². The Kier molecular flexibility index (Phi) is 4.95. The lowest BCUT2D eigenvalue weighted by molar-refractivity contribution is -0.128. The predicted octanol–water partition coefficient (Wildman–Crippen LogP) is 2.92. The van der Waals surface area contributed by atoms with Gasteiger partial charge in [-0.3, -0.25) is 10.2 Å². The van der Waals surface area contributed by atoms with Crippen LogP contribution in [0.4, 0.5) is 0 Å². The second kappa shape index (κ2) is 6.90. The van der Waals surface area contributed by atoms with Gasteiger partial charge in [0, 0.05) is 5.56 Å². The van der Waals surface area contributed by atoms with Gasteiger partial charge in [0.2, 0.25) is 6.10 Å². The summed E-state index contributed by atoms with van der Waals surface area (Å²) in [5.74, 6) is 5.93. The number of nitrogens with two attached hydrogens (primary N) is 1. The van der Waals surface area contributed by atoms with Crippen LogP contribution in [0.5, 0.6) is 5.75 Å². The Labute approximate surface area is 124 Å². The molecule has 0 aliphatic heterocycles. The Morgan fingerprint density at radius 1 is 1.05 bits per heavy atom. The molecular weight excluding hydrogens is 264 g/mol. The summed E-state index contributed by atoms with van der Waals surface area (Å²) in [5, 5.41) is 0. The molecule has 2 aromatic carbocycles. The highest BCUT2D eigenvalue weighted by atomic mass is 16.5. The topological polar surface area (TPSA) is 64.3 Å². The number of hydrogen-bond acceptors (Lipinski definition) is 3. The van der Waals surface area contributed by atoms with Crippen molar-refractivity contribution in [2.75, 3.05) is 0 Å². The Bertz CT molecular complexity index is 597. The number of nitrogens with one attached hydrogen (secondary N) is 1. The van der Waals surface area contributed by atoms with Crippen LogP contribution in [0.3, 0.4) is 0 Å². The summed E-state index contributed by atoms with van der Waals surface area (Å²) >= 11 is 0. The molecule has 0 aliphatic carbocycles. The first-order valence-corrected chi connectivity index (χ1v) is 6.94. The van der Waals surface area contributed by atoms with Gasteiger partial charge in [-0.1, -0.05) is 56.3 Å². The Morgan fingerprint density at radius 2 is 1.71 bits per heavy atom. The monoisotopic (exact) mass is 284 g/mol. The van der Waals surface area contributed by atoms with Gasteiger partial charge >= 0.3 is 0 Å². The van der Waals surface area contributed by atoms with Crippen LogP contribution in [0.2, 0.25) is 0 Å². The van der Waals surface area contributed by atoms with Crippen LogP contribution in [-0.2, 0) is 4.79 Å². The standard InChI is InChI=1S/C17H20N2O2/c1-12(2)14-9-6-10-15(11-14)21-16(17(20)19-18)13-7-4-3-5-8-13/h3-12,16H,18H2,1-2H3,(H,19,20). The molecule has 4 nitrogen and oxygen atoms in total. The van der Waals surface area contributed by atoms with Crippen molar-refractivity contribution < 1.29 is 9.53 Å². The fourth-order valence-corrected chi connectivity index (χ4v) is 2.06. The zero-order valence-corrected chi connectivity index (χ0v) is 12.2. The van der Waals surface area contributed by atoms with E-state index in [1.54, 1.807) is 0 Å². The van der Waals surface area contributed by atoms with E-state index in [0.29, 0.717) is 11.7 Å². The zero-order valence-electron chi connectivity index (χ0n) is 12.2. The van der Waals surface area contributed by atoms with Crippen LogP contribution in [0.15, 0.2) is 54.6 Å². The molecule has 3 N–H and O–H groups in total. The van der Waals surface area contributed by atoms with E-state index in [-0.39, 0.29) is 5.91 Å². The minimum atomic E-state index is -0.765. The fraction of sp³-hybridized carbons (Fsp3) is 0.235. The van der Waals surface area contributed by atoms with Crippen molar-refractivity contribution >= 4 is 5.91 Å². The van der Waals surface area contributed by atoms with Gasteiger partial charge in [0.05, 0.1) is 0 Å². The molecule has 0 heterocycles. The van der Waals surface area contributed by atoms with E-state index in [0.717, 1.165) is 11.1 Å². The van der Waals surface area contributed by atoms with Gasteiger partial charge in [-0.05, 0) is 23.6 Å². The van der Waals surface area contributed by atoms with Crippen LogP contribution in [-0.4, -0.2) is 5.91 Å². The van der Waals surface area contributed by atoms with E-state index < -0.39 is 6.10 Å². The van der Waals surface area contributed by atoms with E-state index in [1.807, 2.05) is 54.6 Å². The van der Waals surface area contributed by atoms with Gasteiger partial charge in [0.1, 0.15) is 5.75 Å². The summed E-state index contributed by atoms with van der Waals surface area (Å²) in [4.78, 5) is 12.0. The van der Waals surface area contributed by atoms with Gasteiger partial charge in [0.15, 0.2) is 0 Å². The maximum Gasteiger partial charge on any atom is 0.279 e. The SMILES string of the molecule is CC(C)c1cccc(OC(C(=O)NN)c2ccccc2)c1. The number of amides is 1. The van der Waals surface area contributed by atoms with E-state index >= 15 is 0 Å². The third-order valence-electron chi connectivity index (χ3n) is 3.26. The second-order valence-electron chi connectivity index (χ2n) is 5.14. The molecule has 0 fully saturated rings. The van der Waals surface area contributed by atoms with Crippen molar-refractivity contribution in [2.24, 2.45) is 5.84 Å². The lowest BCUT2D eigenvalue weighted by atomic mass is 10.0. The molecule has 0 spiro atoms. The van der Waals surface area contributed by atoms with Crippen molar-refractivity contribution in [3.8, 4) is 5.75 Å². The van der Waals surface area contributed by atoms with E-state index in [1.165, 1.54) is 0 Å². The highest BCUT2D eigenvalue weighted by molar-refractivity contribution is 5.82. The van der Waals surface area contributed by atoms with Gasteiger partial charge in [-0.25, -0.2) is 5.84 Å². The third-order valence-corrected chi connectivity index (χ3v) is 3.26. The van der Waals surface area contributed by atoms with Gasteiger partial charge in [-0.2, -0.15) is 0 Å². The maximum absolute atomic E-state index is 12.0. The number of hydrogen-bond donors (Lipinski definition) is 2. The number of carbonyl (C=O) groups excluding carboxylic acids is 1. The molecule has 0 aromatic heterocycles. The van der Waals surface area contributed by atoms with Crippen LogP contribution >= 0.6 is 0 Å². The van der Waals surface area contributed by atoms with Crippen LogP contribution in [0.25, 0.3) is 0 Å². The van der Waals surface area contributed by atoms with Gasteiger partial charge < -0.3 is 4.74 Å². The first-order chi connectivity index (χ1) is 10.1. The molecule has 1 unspecified atom stereocenters. The number of hydrazine groups is 1. The number of rotatable bonds is 5. The summed E-state index contributed by atoms with van der Waals surface area (Å²) < 4.78 is 5.85. The van der Waals surface area contributed by atoms with E-state index in [9.17, 15) is 4.79 Å². The molecule has 0 radical (unpaired) electrons. The molecule has 2 rings (SSSR count). The Balaban J connectivity index is 2.27. The van der Waals surface area contributed by atoms with Crippen molar-refractivity contribution in [1.82, 2.24) is 5.43 Å². The molecular formula is C17H20N2O2. The molecule has 0 saturated carbocycles. The predicted molar refractivity (Wildman–Crippen MR) is 82.7 cm³/mol. The molecule has 1 atom stereocenters. The Hall–Kier alpha value is -2.33. The minimum Gasteiger partial charge on any atom is -0.476 e. The summed E-state index contributed by atoms with van der Waals surface area (Å²) in [7, 11) is 0. The first-order valence-electron chi connectivity index (χ1n) is 6.94. The highest BCUT2D eigenvalue weighted by Gasteiger charge is 2.21. The average Bonchev–Trinajstić information content (AvgIpc) is 2.53. The smallest absolute Gasteiger partial charge is 0.279 e. The molecule has 0 bridgehead atoms. The second-order valence-corrected chi connectivity index (χ2v) is 5.14. The molecule has 4 heteroatoms. The fourth-order valence-electron chi connectivity index (χ4n) is 2.06. The van der Waals surface area contributed by atoms with Crippen molar-refractivity contribution in [1.29, 1.82) is 0 Å². The summed E-state index contributed by atoms with van der Waals surface area (Å²) in [6.07, 6.45) is -0.765. The zero-order chi connectivity index (χ0) is 15.2. The number of benzene rings is 2. The van der Waals surface area contributed by atoms with Gasteiger partial charge in [-0.15, -0.1) is 0 Å². The summed E-state index contributed by atoms with van der Waals surface area (Å²) in [5.41, 5.74) is 4.08. The molecule has 110 valence electrons. The number of carbonyl (C=O) groups is 1. The Morgan fingerprint density at radius 3 is 2.33 bits per heavy atom. The molecule has 21 heavy (non-hydrogen) atoms. The normalized spacial score (nSPS) is 12.0. The molecule has 0 aliphatic rings. The van der Waals surface area contributed by atoms with E-state index in [2.05, 4.69) is 19.3 Å². The summed E-state index contributed by atoms with van der Waals surface area (Å²) in [6.45, 7) is 4.22. The molecule has 2 aromatic rings. The lowest BCUT2D eigenvalue weighted by Crippen LogP contribution is -2.37. The minimum absolute atomic E-state index is 0.379. The third kappa shape index (κ3) is 3.83. The van der Waals surface area contributed by atoms with Crippen LogP contribution in [0.1, 0.15) is 37.0 Å². The highest BCUT2D eigenvalue weighted by Crippen LogP contribution is 2.25. The van der Waals surface area contributed by atoms with Crippen molar-refractivity contribution in [3.63, 3.8) is 0 Å². The maximum atomic E-state index is 12.0. The first kappa shape index (κ1) is 15.1. The van der Waals surface area contributed by atoms with Crippen LogP contribution in [0, 0.1) is 0 Å². The molecule has 0 saturated heterocycles. The van der Waals surface area contributed by atoms with E-state index in [4.69, 9.17) is 10.6 Å². The molecule has 1 amide bonds. The van der Waals surface area contributed by atoms with Crippen molar-refractivity contribution in [3.05, 3.63) is 65.7 Å². The van der Waals surface area contributed by atoms with Gasteiger partial charge in [0.25, 0.3) is 5.91 Å². The lowest BCUT2D eigenvalue weighted by Gasteiger charge is -2.18. The number of ether oxygens (including phenoxy) is 1. The largest absolute Gasteiger partial charge is 0.476 e. The average molecular weight is 284 g/mol. The summed E-state index contributed by atoms with van der Waals surface area (Å²) in [6, 6.07) is 17.0. The quantitative estimate of drug-likeness (QED) is 0.504.